The van der Waals surface area contributed by atoms with Crippen molar-refractivity contribution in [3.05, 3.63) is 29.8 Å². The van der Waals surface area contributed by atoms with Gasteiger partial charge in [-0.25, -0.2) is 0 Å². The first-order valence-corrected chi connectivity index (χ1v) is 6.08. The van der Waals surface area contributed by atoms with Crippen LogP contribution in [0, 0.1) is 5.92 Å². The second kappa shape index (κ2) is 7.41. The Morgan fingerprint density at radius 1 is 1.32 bits per heavy atom. The first-order valence-electron chi connectivity index (χ1n) is 6.08. The maximum atomic E-state index is 11.9. The van der Waals surface area contributed by atoms with Crippen LogP contribution in [0.1, 0.15) is 18.9 Å². The molecule has 0 fully saturated rings. The smallest absolute Gasteiger partial charge is 0.314 e. The molecule has 0 aliphatic heterocycles. The number of benzene rings is 1. The van der Waals surface area contributed by atoms with Crippen LogP contribution in [0.5, 0.6) is 5.75 Å². The summed E-state index contributed by atoms with van der Waals surface area (Å²) in [4.78, 5) is 16.6. The van der Waals surface area contributed by atoms with Gasteiger partial charge in [-0.15, -0.1) is 0 Å². The Morgan fingerprint density at radius 2 is 1.95 bits per heavy atom. The summed E-state index contributed by atoms with van der Waals surface area (Å²) < 4.78 is 4.81. The van der Waals surface area contributed by atoms with Crippen LogP contribution in [0.2, 0.25) is 0 Å². The van der Waals surface area contributed by atoms with Crippen LogP contribution in [0.4, 0.5) is 0 Å². The van der Waals surface area contributed by atoms with Crippen LogP contribution in [0.3, 0.4) is 0 Å². The summed E-state index contributed by atoms with van der Waals surface area (Å²) in [5.41, 5.74) is 1.56. The number of ether oxygens (including phenoxy) is 1. The van der Waals surface area contributed by atoms with Crippen LogP contribution < -0.4 is 0 Å². The Bertz CT molecular complexity index is 439. The second-order valence-electron chi connectivity index (χ2n) is 4.07. The fourth-order valence-electron chi connectivity index (χ4n) is 1.84. The molecule has 0 saturated carbocycles. The number of aromatic hydroxyl groups is 1. The largest absolute Gasteiger partial charge is 0.508 e. The Hall–Kier alpha value is -2.04. The molecule has 0 bridgehead atoms. The minimum atomic E-state index is -0.473. The highest BCUT2D eigenvalue weighted by molar-refractivity contribution is 6.02. The third-order valence-corrected chi connectivity index (χ3v) is 2.83. The van der Waals surface area contributed by atoms with Crippen molar-refractivity contribution in [2.75, 3.05) is 14.2 Å². The second-order valence-corrected chi connectivity index (χ2v) is 4.07. The monoisotopic (exact) mass is 265 g/mol. The molecule has 0 heterocycles. The van der Waals surface area contributed by atoms with Crippen molar-refractivity contribution in [2.45, 2.75) is 19.8 Å². The molecule has 1 aromatic rings. The molecule has 1 rings (SSSR count). The van der Waals surface area contributed by atoms with Crippen LogP contribution in [-0.2, 0) is 20.8 Å². The zero-order valence-electron chi connectivity index (χ0n) is 11.4. The van der Waals surface area contributed by atoms with Crippen molar-refractivity contribution < 1.29 is 19.5 Å². The first-order chi connectivity index (χ1) is 9.12. The molecule has 0 aliphatic rings. The maximum absolute atomic E-state index is 11.9. The fraction of sp³-hybridized carbons (Fsp3) is 0.429. The summed E-state index contributed by atoms with van der Waals surface area (Å²) in [5.74, 6) is -0.621. The average Bonchev–Trinajstić information content (AvgIpc) is 2.43. The van der Waals surface area contributed by atoms with Gasteiger partial charge in [0.15, 0.2) is 0 Å². The summed E-state index contributed by atoms with van der Waals surface area (Å²) in [6.45, 7) is 1.91. The number of methoxy groups -OCH3 is 1. The van der Waals surface area contributed by atoms with E-state index in [1.807, 2.05) is 6.92 Å². The van der Waals surface area contributed by atoms with E-state index in [4.69, 9.17) is 9.57 Å². The fourth-order valence-corrected chi connectivity index (χ4v) is 1.84. The molecule has 0 aliphatic carbocycles. The van der Waals surface area contributed by atoms with Crippen molar-refractivity contribution in [1.29, 1.82) is 0 Å². The summed E-state index contributed by atoms with van der Waals surface area (Å²) in [7, 11) is 2.80. The van der Waals surface area contributed by atoms with E-state index in [0.717, 1.165) is 5.56 Å². The molecule has 5 nitrogen and oxygen atoms in total. The highest BCUT2D eigenvalue weighted by Gasteiger charge is 2.25. The van der Waals surface area contributed by atoms with Gasteiger partial charge in [-0.3, -0.25) is 4.79 Å². The number of hydrogen-bond donors (Lipinski definition) is 1. The minimum Gasteiger partial charge on any atom is -0.508 e. The molecule has 1 unspecified atom stereocenters. The summed E-state index contributed by atoms with van der Waals surface area (Å²) in [5, 5.41) is 13.1. The number of oxime groups is 1. The number of nitrogens with zero attached hydrogens (tertiary/aromatic N) is 1. The van der Waals surface area contributed by atoms with Crippen molar-refractivity contribution >= 4 is 11.7 Å². The van der Waals surface area contributed by atoms with Gasteiger partial charge >= 0.3 is 5.97 Å². The lowest BCUT2D eigenvalue weighted by Gasteiger charge is -2.15. The van der Waals surface area contributed by atoms with E-state index >= 15 is 0 Å². The van der Waals surface area contributed by atoms with Crippen LogP contribution in [-0.4, -0.2) is 31.0 Å². The molecule has 1 atom stereocenters. The van der Waals surface area contributed by atoms with E-state index in [-0.39, 0.29) is 11.7 Å². The molecule has 104 valence electrons. The Morgan fingerprint density at radius 3 is 2.42 bits per heavy atom. The minimum absolute atomic E-state index is 0.194. The van der Waals surface area contributed by atoms with Crippen molar-refractivity contribution in [3.8, 4) is 5.75 Å². The zero-order valence-corrected chi connectivity index (χ0v) is 11.4. The molecule has 0 amide bonds. The quantitative estimate of drug-likeness (QED) is 0.486. The lowest BCUT2D eigenvalue weighted by Crippen LogP contribution is -2.27. The Balaban J connectivity index is 2.94. The van der Waals surface area contributed by atoms with E-state index < -0.39 is 5.92 Å². The van der Waals surface area contributed by atoms with Gasteiger partial charge in [-0.05, 0) is 30.5 Å². The third kappa shape index (κ3) is 4.28. The molecular weight excluding hydrogens is 246 g/mol. The lowest BCUT2D eigenvalue weighted by atomic mass is 9.93. The normalized spacial score (nSPS) is 12.9. The van der Waals surface area contributed by atoms with E-state index in [1.165, 1.54) is 14.2 Å². The third-order valence-electron chi connectivity index (χ3n) is 2.83. The molecule has 0 aromatic heterocycles. The maximum Gasteiger partial charge on any atom is 0.314 e. The number of carbonyl (C=O) groups is 1. The standard InChI is InChI=1S/C14H19NO4/c1-4-13(15-19-3)12(14(17)18-2)9-10-5-7-11(16)8-6-10/h5-8,12,16H,4,9H2,1-3H3. The van der Waals surface area contributed by atoms with E-state index in [2.05, 4.69) is 5.16 Å². The molecule has 0 radical (unpaired) electrons. The Labute approximate surface area is 112 Å². The Kier molecular flexibility index (Phi) is 5.85. The predicted octanol–water partition coefficient (Wildman–Crippen LogP) is 2.14. The zero-order chi connectivity index (χ0) is 14.3. The van der Waals surface area contributed by atoms with Gasteiger partial charge in [-0.2, -0.15) is 0 Å². The highest BCUT2D eigenvalue weighted by atomic mass is 16.6. The molecule has 0 saturated heterocycles. The lowest BCUT2D eigenvalue weighted by molar-refractivity contribution is -0.143. The van der Waals surface area contributed by atoms with Gasteiger partial charge in [0.05, 0.1) is 12.8 Å². The van der Waals surface area contributed by atoms with Gasteiger partial charge in [0.25, 0.3) is 0 Å². The van der Waals surface area contributed by atoms with Crippen molar-refractivity contribution in [2.24, 2.45) is 11.1 Å². The van der Waals surface area contributed by atoms with Gasteiger partial charge in [-0.1, -0.05) is 24.2 Å². The van der Waals surface area contributed by atoms with Crippen molar-refractivity contribution in [1.82, 2.24) is 0 Å². The highest BCUT2D eigenvalue weighted by Crippen LogP contribution is 2.17. The average molecular weight is 265 g/mol. The summed E-state index contributed by atoms with van der Waals surface area (Å²) >= 11 is 0. The topological polar surface area (TPSA) is 68.1 Å². The molecule has 1 N–H and O–H groups in total. The van der Waals surface area contributed by atoms with Crippen molar-refractivity contribution in [3.63, 3.8) is 0 Å². The molecule has 5 heteroatoms. The van der Waals surface area contributed by atoms with E-state index in [1.54, 1.807) is 24.3 Å². The van der Waals surface area contributed by atoms with Gasteiger partial charge in [0.2, 0.25) is 0 Å². The molecule has 1 aromatic carbocycles. The number of phenolic OH excluding ortho intramolecular Hbond substituents is 1. The van der Waals surface area contributed by atoms with E-state index in [0.29, 0.717) is 18.6 Å². The number of rotatable bonds is 6. The molecule has 0 spiro atoms. The number of hydrogen-bond acceptors (Lipinski definition) is 5. The summed E-state index contributed by atoms with van der Waals surface area (Å²) in [6, 6.07) is 6.71. The number of phenols is 1. The van der Waals surface area contributed by atoms with Gasteiger partial charge in [0, 0.05) is 0 Å². The molecular formula is C14H19NO4. The molecule has 19 heavy (non-hydrogen) atoms. The first kappa shape index (κ1) is 15.0. The van der Waals surface area contributed by atoms with E-state index in [9.17, 15) is 9.90 Å². The summed E-state index contributed by atoms with van der Waals surface area (Å²) in [6.07, 6.45) is 1.06. The van der Waals surface area contributed by atoms with Crippen LogP contribution in [0.15, 0.2) is 29.4 Å². The van der Waals surface area contributed by atoms with Gasteiger partial charge in [0.1, 0.15) is 18.8 Å². The van der Waals surface area contributed by atoms with Gasteiger partial charge < -0.3 is 14.7 Å². The van der Waals surface area contributed by atoms with Crippen LogP contribution >= 0.6 is 0 Å². The van der Waals surface area contributed by atoms with Crippen LogP contribution in [0.25, 0.3) is 0 Å². The SMILES string of the molecule is CCC(=NOC)C(Cc1ccc(O)cc1)C(=O)OC. The predicted molar refractivity (Wildman–Crippen MR) is 72.1 cm³/mol. The number of esters is 1. The number of carbonyl (C=O) groups excluding carboxylic acids is 1.